The summed E-state index contributed by atoms with van der Waals surface area (Å²) in [5.74, 6) is 0.793. The highest BCUT2D eigenvalue weighted by Crippen LogP contribution is 2.42. The first kappa shape index (κ1) is 22.5. The Bertz CT molecular complexity index is 1340. The van der Waals surface area contributed by atoms with Gasteiger partial charge in [0.25, 0.3) is 5.69 Å². The average Bonchev–Trinajstić information content (AvgIpc) is 3.50. The van der Waals surface area contributed by atoms with Crippen LogP contribution in [-0.4, -0.2) is 26.2 Å². The van der Waals surface area contributed by atoms with Crippen molar-refractivity contribution in [2.45, 2.75) is 19.0 Å². The van der Waals surface area contributed by atoms with Crippen molar-refractivity contribution in [2.24, 2.45) is 0 Å². The van der Waals surface area contributed by atoms with Crippen LogP contribution in [0.5, 0.6) is 5.75 Å². The molecule has 0 spiro atoms. The molecule has 0 bridgehead atoms. The van der Waals surface area contributed by atoms with Gasteiger partial charge < -0.3 is 19.5 Å². The molecule has 1 fully saturated rings. The maximum absolute atomic E-state index is 11.1. The maximum Gasteiger partial charge on any atom is 0.269 e. The zero-order valence-corrected chi connectivity index (χ0v) is 19.8. The molecule has 4 aromatic rings. The fourth-order valence-corrected chi connectivity index (χ4v) is 4.75. The van der Waals surface area contributed by atoms with Gasteiger partial charge in [0, 0.05) is 41.6 Å². The number of hydrogen-bond donors (Lipinski definition) is 1. The molecule has 0 amide bonds. The van der Waals surface area contributed by atoms with Gasteiger partial charge in [-0.3, -0.25) is 15.1 Å². The number of rotatable bonds is 7. The van der Waals surface area contributed by atoms with E-state index in [2.05, 4.69) is 15.2 Å². The van der Waals surface area contributed by atoms with E-state index in [9.17, 15) is 10.1 Å². The van der Waals surface area contributed by atoms with Crippen molar-refractivity contribution in [3.63, 3.8) is 0 Å². The number of aromatic nitrogens is 2. The number of nitrogens with one attached hydrogen (secondary N) is 1. The van der Waals surface area contributed by atoms with E-state index >= 15 is 0 Å². The Morgan fingerprint density at radius 3 is 2.43 bits per heavy atom. The molecule has 176 valence electrons. The number of anilines is 1. The monoisotopic (exact) mass is 485 g/mol. The first-order valence-electron chi connectivity index (χ1n) is 11.2. The normalized spacial score (nSPS) is 17.3. The minimum absolute atomic E-state index is 0.0496. The summed E-state index contributed by atoms with van der Waals surface area (Å²) in [6, 6.07) is 23.8. The standard InChI is InChI=1S/C26H23N5O3S/c1-2-34-21-14-12-19(13-15-21)30-25(24(28-26(30)35)22-6-3-4-16-27-22)23-7-5-17-29(23)18-8-10-20(11-9-18)31(32)33/h3-17,24-25H,2H2,1H3,(H,28,35)/t24-,25-/m0/s1. The van der Waals surface area contributed by atoms with Crippen molar-refractivity contribution in [3.8, 4) is 11.4 Å². The summed E-state index contributed by atoms with van der Waals surface area (Å²) in [5.41, 5.74) is 3.62. The van der Waals surface area contributed by atoms with Crippen LogP contribution in [0.4, 0.5) is 11.4 Å². The molecular formula is C26H23N5O3S. The third-order valence-electron chi connectivity index (χ3n) is 5.95. The number of nitro benzene ring substituents is 1. The Balaban J connectivity index is 1.60. The van der Waals surface area contributed by atoms with Crippen LogP contribution in [0, 0.1) is 10.1 Å². The van der Waals surface area contributed by atoms with Gasteiger partial charge in [-0.2, -0.15) is 0 Å². The van der Waals surface area contributed by atoms with Crippen molar-refractivity contribution in [2.75, 3.05) is 11.5 Å². The summed E-state index contributed by atoms with van der Waals surface area (Å²) in [6.07, 6.45) is 3.72. The molecule has 0 unspecified atom stereocenters. The van der Waals surface area contributed by atoms with Gasteiger partial charge in [0.15, 0.2) is 5.11 Å². The quantitative estimate of drug-likeness (QED) is 0.214. The van der Waals surface area contributed by atoms with Crippen molar-refractivity contribution < 1.29 is 9.66 Å². The molecule has 5 rings (SSSR count). The van der Waals surface area contributed by atoms with E-state index in [-0.39, 0.29) is 17.8 Å². The number of hydrogen-bond acceptors (Lipinski definition) is 5. The zero-order valence-electron chi connectivity index (χ0n) is 18.9. The SMILES string of the molecule is CCOc1ccc(N2C(=S)N[C@@H](c3ccccn3)[C@@H]2c2cccn2-c2ccc([N+](=O)[O-])cc2)cc1. The van der Waals surface area contributed by atoms with Crippen LogP contribution in [0.1, 0.15) is 30.4 Å². The number of ether oxygens (including phenoxy) is 1. The maximum atomic E-state index is 11.1. The molecule has 8 nitrogen and oxygen atoms in total. The molecule has 1 aliphatic rings. The molecule has 9 heteroatoms. The Morgan fingerprint density at radius 2 is 1.77 bits per heavy atom. The van der Waals surface area contributed by atoms with E-state index in [1.54, 1.807) is 18.3 Å². The van der Waals surface area contributed by atoms with Crippen molar-refractivity contribution >= 4 is 28.7 Å². The van der Waals surface area contributed by atoms with Crippen LogP contribution >= 0.6 is 12.2 Å². The highest BCUT2D eigenvalue weighted by atomic mass is 32.1. The second kappa shape index (κ2) is 9.55. The van der Waals surface area contributed by atoms with Gasteiger partial charge in [-0.25, -0.2) is 0 Å². The van der Waals surface area contributed by atoms with Gasteiger partial charge in [-0.1, -0.05) is 6.07 Å². The van der Waals surface area contributed by atoms with Gasteiger partial charge in [0.2, 0.25) is 0 Å². The lowest BCUT2D eigenvalue weighted by Crippen LogP contribution is -2.30. The summed E-state index contributed by atoms with van der Waals surface area (Å²) in [4.78, 5) is 17.4. The summed E-state index contributed by atoms with van der Waals surface area (Å²) >= 11 is 5.81. The van der Waals surface area contributed by atoms with Gasteiger partial charge in [-0.15, -0.1) is 0 Å². The van der Waals surface area contributed by atoms with E-state index < -0.39 is 4.92 Å². The molecule has 2 aromatic carbocycles. The molecule has 1 N–H and O–H groups in total. The minimum atomic E-state index is -0.398. The Kier molecular flexibility index (Phi) is 6.15. The molecule has 35 heavy (non-hydrogen) atoms. The lowest BCUT2D eigenvalue weighted by Gasteiger charge is -2.29. The smallest absolute Gasteiger partial charge is 0.269 e. The van der Waals surface area contributed by atoms with Gasteiger partial charge >= 0.3 is 0 Å². The predicted molar refractivity (Wildman–Crippen MR) is 138 cm³/mol. The van der Waals surface area contributed by atoms with Crippen LogP contribution in [0.2, 0.25) is 0 Å². The zero-order chi connectivity index (χ0) is 24.4. The molecule has 2 atom stereocenters. The molecule has 3 heterocycles. The first-order chi connectivity index (χ1) is 17.1. The van der Waals surface area contributed by atoms with Crippen molar-refractivity contribution in [3.05, 3.63) is 113 Å². The summed E-state index contributed by atoms with van der Waals surface area (Å²) in [6.45, 7) is 2.55. The Morgan fingerprint density at radius 1 is 1.03 bits per heavy atom. The number of nitro groups is 1. The van der Waals surface area contributed by atoms with Crippen molar-refractivity contribution in [1.82, 2.24) is 14.9 Å². The van der Waals surface area contributed by atoms with Gasteiger partial charge in [-0.05, 0) is 79.8 Å². The first-order valence-corrected chi connectivity index (χ1v) is 11.6. The number of non-ortho nitro benzene ring substituents is 1. The number of thiocarbonyl (C=S) groups is 1. The third-order valence-corrected chi connectivity index (χ3v) is 6.26. The summed E-state index contributed by atoms with van der Waals surface area (Å²) < 4.78 is 7.64. The summed E-state index contributed by atoms with van der Waals surface area (Å²) in [7, 11) is 0. The topological polar surface area (TPSA) is 85.5 Å². The predicted octanol–water partition coefficient (Wildman–Crippen LogP) is 5.36. The second-order valence-electron chi connectivity index (χ2n) is 8.00. The fraction of sp³-hybridized carbons (Fsp3) is 0.154. The number of benzene rings is 2. The van der Waals surface area contributed by atoms with E-state index in [0.717, 1.165) is 28.5 Å². The van der Waals surface area contributed by atoms with E-state index in [4.69, 9.17) is 17.0 Å². The average molecular weight is 486 g/mol. The largest absolute Gasteiger partial charge is 0.494 e. The van der Waals surface area contributed by atoms with Crippen LogP contribution < -0.4 is 15.0 Å². The molecule has 0 aliphatic carbocycles. The number of nitrogens with zero attached hydrogens (tertiary/aromatic N) is 4. The summed E-state index contributed by atoms with van der Waals surface area (Å²) in [5, 5.41) is 15.2. The van der Waals surface area contributed by atoms with Crippen LogP contribution in [0.3, 0.4) is 0 Å². The molecular weight excluding hydrogens is 462 g/mol. The molecule has 2 aromatic heterocycles. The Labute approximate surface area is 207 Å². The van der Waals surface area contributed by atoms with E-state index in [1.807, 2.05) is 72.3 Å². The molecule has 0 saturated carbocycles. The van der Waals surface area contributed by atoms with Gasteiger partial charge in [0.05, 0.1) is 23.3 Å². The lowest BCUT2D eigenvalue weighted by molar-refractivity contribution is -0.384. The molecule has 0 radical (unpaired) electrons. The van der Waals surface area contributed by atoms with E-state index in [0.29, 0.717) is 11.7 Å². The fourth-order valence-electron chi connectivity index (χ4n) is 4.41. The second-order valence-corrected chi connectivity index (χ2v) is 8.39. The molecule has 1 saturated heterocycles. The molecule has 1 aliphatic heterocycles. The van der Waals surface area contributed by atoms with Crippen LogP contribution in [0.15, 0.2) is 91.3 Å². The highest BCUT2D eigenvalue weighted by molar-refractivity contribution is 7.80. The van der Waals surface area contributed by atoms with Crippen LogP contribution in [0.25, 0.3) is 5.69 Å². The van der Waals surface area contributed by atoms with E-state index in [1.165, 1.54) is 12.1 Å². The van der Waals surface area contributed by atoms with Crippen molar-refractivity contribution in [1.29, 1.82) is 0 Å². The van der Waals surface area contributed by atoms with Gasteiger partial charge in [0.1, 0.15) is 11.8 Å². The third kappa shape index (κ3) is 4.33. The minimum Gasteiger partial charge on any atom is -0.494 e. The Hall–Kier alpha value is -4.24. The lowest BCUT2D eigenvalue weighted by atomic mass is 10.0. The van der Waals surface area contributed by atoms with Crippen LogP contribution in [-0.2, 0) is 0 Å². The highest BCUT2D eigenvalue weighted by Gasteiger charge is 2.42. The number of pyridine rings is 1.